The molecule has 1 aliphatic rings. The van der Waals surface area contributed by atoms with Crippen molar-refractivity contribution in [1.82, 2.24) is 0 Å². The molecule has 0 unspecified atom stereocenters. The summed E-state index contributed by atoms with van der Waals surface area (Å²) in [6.07, 6.45) is 2.73. The van der Waals surface area contributed by atoms with Gasteiger partial charge in [0, 0.05) is 12.5 Å². The summed E-state index contributed by atoms with van der Waals surface area (Å²) in [6.45, 7) is 0.154. The van der Waals surface area contributed by atoms with Crippen LogP contribution in [0.5, 0.6) is 0 Å². The van der Waals surface area contributed by atoms with Crippen molar-refractivity contribution in [3.05, 3.63) is 0 Å². The third kappa shape index (κ3) is 1.01. The fraction of sp³-hybridized carbons (Fsp3) is 1.00. The topological polar surface area (TPSA) is 40.5 Å². The number of rotatable bonds is 1. The van der Waals surface area contributed by atoms with E-state index in [0.717, 1.165) is 19.3 Å². The van der Waals surface area contributed by atoms with E-state index in [9.17, 15) is 0 Å². The van der Waals surface area contributed by atoms with Crippen LogP contribution in [-0.4, -0.2) is 22.9 Å². The van der Waals surface area contributed by atoms with E-state index < -0.39 is 0 Å². The van der Waals surface area contributed by atoms with Crippen molar-refractivity contribution < 1.29 is 10.2 Å². The molecule has 0 amide bonds. The summed E-state index contributed by atoms with van der Waals surface area (Å²) in [6, 6.07) is 0. The first-order valence-electron chi connectivity index (χ1n) is 3.13. The molecule has 2 heteroatoms. The van der Waals surface area contributed by atoms with E-state index in [1.54, 1.807) is 0 Å². The van der Waals surface area contributed by atoms with Crippen LogP contribution in [-0.2, 0) is 0 Å². The molecule has 0 spiro atoms. The molecule has 0 heterocycles. The monoisotopic (exact) mass is 116 g/mol. The summed E-state index contributed by atoms with van der Waals surface area (Å²) in [5.74, 6) is 0.176. The molecule has 0 aromatic rings. The first-order chi connectivity index (χ1) is 3.84. The second kappa shape index (κ2) is 2.46. The van der Waals surface area contributed by atoms with Crippen molar-refractivity contribution in [3.8, 4) is 0 Å². The van der Waals surface area contributed by atoms with Crippen molar-refractivity contribution in [2.75, 3.05) is 6.61 Å². The number of aliphatic hydroxyl groups excluding tert-OH is 2. The van der Waals surface area contributed by atoms with Gasteiger partial charge in [-0.2, -0.15) is 0 Å². The van der Waals surface area contributed by atoms with Gasteiger partial charge in [-0.3, -0.25) is 0 Å². The molecule has 2 atom stereocenters. The van der Waals surface area contributed by atoms with Crippen molar-refractivity contribution in [2.24, 2.45) is 5.92 Å². The van der Waals surface area contributed by atoms with Crippen LogP contribution in [0.25, 0.3) is 0 Å². The van der Waals surface area contributed by atoms with Crippen LogP contribution in [0.4, 0.5) is 0 Å². The van der Waals surface area contributed by atoms with Crippen LogP contribution in [0, 0.1) is 5.92 Å². The minimum absolute atomic E-state index is 0.154. The summed E-state index contributed by atoms with van der Waals surface area (Å²) in [4.78, 5) is 0. The Balaban J connectivity index is 2.30. The summed E-state index contributed by atoms with van der Waals surface area (Å²) in [5.41, 5.74) is 0. The maximum Gasteiger partial charge on any atom is 0.0590 e. The Morgan fingerprint density at radius 2 is 2.12 bits per heavy atom. The molecule has 0 radical (unpaired) electrons. The zero-order valence-corrected chi connectivity index (χ0v) is 4.88. The molecule has 1 aliphatic carbocycles. The average Bonchev–Trinajstić information content (AvgIpc) is 2.14. The number of hydrogen-bond donors (Lipinski definition) is 2. The molecule has 1 rings (SSSR count). The molecule has 1 saturated carbocycles. The average molecular weight is 116 g/mol. The standard InChI is InChI=1S/C6H12O2/c7-4-5-2-1-3-6(5)8/h5-8H,1-4H2/t5-,6+/m1/s1. The highest BCUT2D eigenvalue weighted by Gasteiger charge is 2.23. The van der Waals surface area contributed by atoms with Crippen molar-refractivity contribution >= 4 is 0 Å². The fourth-order valence-electron chi connectivity index (χ4n) is 1.23. The number of hydrogen-bond acceptors (Lipinski definition) is 2. The Kier molecular flexibility index (Phi) is 1.86. The second-order valence-electron chi connectivity index (χ2n) is 2.44. The SMILES string of the molecule is OC[C@H]1CCC[C@@H]1O. The first kappa shape index (κ1) is 6.05. The Morgan fingerprint density at radius 3 is 2.38 bits per heavy atom. The van der Waals surface area contributed by atoms with E-state index in [0.29, 0.717) is 0 Å². The largest absolute Gasteiger partial charge is 0.396 e. The van der Waals surface area contributed by atoms with Crippen molar-refractivity contribution in [2.45, 2.75) is 25.4 Å². The third-order valence-electron chi connectivity index (χ3n) is 1.85. The van der Waals surface area contributed by atoms with E-state index >= 15 is 0 Å². The van der Waals surface area contributed by atoms with Gasteiger partial charge in [0.25, 0.3) is 0 Å². The van der Waals surface area contributed by atoms with E-state index in [-0.39, 0.29) is 18.6 Å². The van der Waals surface area contributed by atoms with Crippen LogP contribution >= 0.6 is 0 Å². The fourth-order valence-corrected chi connectivity index (χ4v) is 1.23. The predicted molar refractivity (Wildman–Crippen MR) is 30.4 cm³/mol. The van der Waals surface area contributed by atoms with Gasteiger partial charge in [0.1, 0.15) is 0 Å². The minimum atomic E-state index is -0.222. The lowest BCUT2D eigenvalue weighted by Crippen LogP contribution is -2.16. The van der Waals surface area contributed by atoms with Crippen molar-refractivity contribution in [1.29, 1.82) is 0 Å². The summed E-state index contributed by atoms with van der Waals surface area (Å²) in [7, 11) is 0. The molecule has 2 N–H and O–H groups in total. The van der Waals surface area contributed by atoms with Gasteiger partial charge in [-0.15, -0.1) is 0 Å². The molecule has 8 heavy (non-hydrogen) atoms. The van der Waals surface area contributed by atoms with Gasteiger partial charge in [-0.25, -0.2) is 0 Å². The molecular formula is C6H12O2. The summed E-state index contributed by atoms with van der Waals surface area (Å²) >= 11 is 0. The molecule has 1 fully saturated rings. The predicted octanol–water partition coefficient (Wildman–Crippen LogP) is 0.140. The van der Waals surface area contributed by atoms with Crippen LogP contribution in [0.2, 0.25) is 0 Å². The van der Waals surface area contributed by atoms with Crippen LogP contribution < -0.4 is 0 Å². The Labute approximate surface area is 49.1 Å². The normalized spacial score (nSPS) is 38.2. The smallest absolute Gasteiger partial charge is 0.0590 e. The Morgan fingerprint density at radius 1 is 1.38 bits per heavy atom. The second-order valence-corrected chi connectivity index (χ2v) is 2.44. The lowest BCUT2D eigenvalue weighted by atomic mass is 10.1. The quantitative estimate of drug-likeness (QED) is 0.511. The maximum absolute atomic E-state index is 9.03. The van der Waals surface area contributed by atoms with Crippen molar-refractivity contribution in [3.63, 3.8) is 0 Å². The third-order valence-corrected chi connectivity index (χ3v) is 1.85. The molecule has 48 valence electrons. The zero-order valence-electron chi connectivity index (χ0n) is 4.88. The van der Waals surface area contributed by atoms with Crippen LogP contribution in [0.15, 0.2) is 0 Å². The lowest BCUT2D eigenvalue weighted by Gasteiger charge is -2.08. The van der Waals surface area contributed by atoms with Gasteiger partial charge >= 0.3 is 0 Å². The molecular weight excluding hydrogens is 104 g/mol. The molecule has 0 aliphatic heterocycles. The highest BCUT2D eigenvalue weighted by Crippen LogP contribution is 2.24. The summed E-state index contributed by atoms with van der Waals surface area (Å²) < 4.78 is 0. The van der Waals surface area contributed by atoms with E-state index in [1.165, 1.54) is 0 Å². The van der Waals surface area contributed by atoms with E-state index in [1.807, 2.05) is 0 Å². The van der Waals surface area contributed by atoms with Crippen LogP contribution in [0.3, 0.4) is 0 Å². The highest BCUT2D eigenvalue weighted by atomic mass is 16.3. The van der Waals surface area contributed by atoms with E-state index in [4.69, 9.17) is 10.2 Å². The number of aliphatic hydroxyl groups is 2. The molecule has 2 nitrogen and oxygen atoms in total. The minimum Gasteiger partial charge on any atom is -0.396 e. The van der Waals surface area contributed by atoms with E-state index in [2.05, 4.69) is 0 Å². The van der Waals surface area contributed by atoms with Gasteiger partial charge in [0.05, 0.1) is 6.10 Å². The van der Waals surface area contributed by atoms with Gasteiger partial charge in [0.2, 0.25) is 0 Å². The molecule has 0 aromatic heterocycles. The maximum atomic E-state index is 9.03. The van der Waals surface area contributed by atoms with Gasteiger partial charge in [-0.05, 0) is 12.8 Å². The van der Waals surface area contributed by atoms with Gasteiger partial charge in [-0.1, -0.05) is 6.42 Å². The Hall–Kier alpha value is -0.0800. The first-order valence-corrected chi connectivity index (χ1v) is 3.13. The van der Waals surface area contributed by atoms with Crippen LogP contribution in [0.1, 0.15) is 19.3 Å². The highest BCUT2D eigenvalue weighted by molar-refractivity contribution is 4.74. The summed E-state index contributed by atoms with van der Waals surface area (Å²) in [5, 5.41) is 17.6. The van der Waals surface area contributed by atoms with Gasteiger partial charge < -0.3 is 10.2 Å². The lowest BCUT2D eigenvalue weighted by molar-refractivity contribution is 0.0909. The van der Waals surface area contributed by atoms with Gasteiger partial charge in [0.15, 0.2) is 0 Å². The molecule has 0 bridgehead atoms. The molecule has 0 aromatic carbocycles. The molecule has 0 saturated heterocycles. The Bertz CT molecular complexity index is 72.9. The zero-order chi connectivity index (χ0) is 5.98.